The van der Waals surface area contributed by atoms with E-state index in [1.54, 1.807) is 6.07 Å². The molecule has 19 heavy (non-hydrogen) atoms. The monoisotopic (exact) mass is 285 g/mol. The Labute approximate surface area is 115 Å². The van der Waals surface area contributed by atoms with Crippen molar-refractivity contribution in [2.75, 3.05) is 7.05 Å². The quantitative estimate of drug-likeness (QED) is 0.766. The minimum atomic E-state index is -3.45. The van der Waals surface area contributed by atoms with Crippen molar-refractivity contribution in [1.29, 1.82) is 0 Å². The number of hydrogen-bond donors (Lipinski definition) is 3. The van der Waals surface area contributed by atoms with Gasteiger partial charge in [0.25, 0.3) is 0 Å². The maximum absolute atomic E-state index is 12.3. The van der Waals surface area contributed by atoms with Crippen LogP contribution in [0.3, 0.4) is 0 Å². The largest absolute Gasteiger partial charge is 0.363 e. The van der Waals surface area contributed by atoms with E-state index >= 15 is 0 Å². The summed E-state index contributed by atoms with van der Waals surface area (Å²) < 4.78 is 27.5. The molecule has 1 heterocycles. The van der Waals surface area contributed by atoms with Gasteiger partial charge in [0.2, 0.25) is 10.0 Å². The molecule has 0 aliphatic heterocycles. The molecule has 1 aromatic heterocycles. The molecule has 0 saturated heterocycles. The zero-order valence-electron chi connectivity index (χ0n) is 12.2. The highest BCUT2D eigenvalue weighted by Gasteiger charge is 2.66. The molecule has 0 bridgehead atoms. The van der Waals surface area contributed by atoms with E-state index in [0.717, 1.165) is 5.69 Å². The Kier molecular flexibility index (Phi) is 3.32. The highest BCUT2D eigenvalue weighted by atomic mass is 32.2. The van der Waals surface area contributed by atoms with Crippen molar-refractivity contribution in [1.82, 2.24) is 15.0 Å². The van der Waals surface area contributed by atoms with Crippen LogP contribution in [0.15, 0.2) is 17.2 Å². The molecule has 6 heteroatoms. The van der Waals surface area contributed by atoms with E-state index in [1.165, 1.54) is 6.20 Å². The van der Waals surface area contributed by atoms with E-state index in [2.05, 4.69) is 42.7 Å². The van der Waals surface area contributed by atoms with Crippen molar-refractivity contribution in [2.45, 2.75) is 45.2 Å². The Balaban J connectivity index is 2.15. The molecule has 5 nitrogen and oxygen atoms in total. The van der Waals surface area contributed by atoms with Gasteiger partial charge in [0, 0.05) is 24.5 Å². The zero-order chi connectivity index (χ0) is 14.5. The number of rotatable bonds is 5. The minimum absolute atomic E-state index is 0.00974. The van der Waals surface area contributed by atoms with E-state index in [-0.39, 0.29) is 16.9 Å². The summed E-state index contributed by atoms with van der Waals surface area (Å²) in [5.74, 6) is 0. The molecular weight excluding hydrogens is 262 g/mol. The second-order valence-corrected chi connectivity index (χ2v) is 8.10. The zero-order valence-corrected chi connectivity index (χ0v) is 13.0. The Morgan fingerprint density at radius 2 is 1.84 bits per heavy atom. The molecule has 108 valence electrons. The van der Waals surface area contributed by atoms with Gasteiger partial charge in [0.15, 0.2) is 0 Å². The molecule has 2 rings (SSSR count). The van der Waals surface area contributed by atoms with Gasteiger partial charge in [-0.2, -0.15) is 0 Å². The molecule has 0 unspecified atom stereocenters. The maximum atomic E-state index is 12.3. The number of nitrogens with one attached hydrogen (secondary N) is 3. The number of hydrogen-bond acceptors (Lipinski definition) is 3. The van der Waals surface area contributed by atoms with Crippen LogP contribution in [0.25, 0.3) is 0 Å². The molecule has 1 aromatic rings. The summed E-state index contributed by atoms with van der Waals surface area (Å²) >= 11 is 0. The number of H-pyrrole nitrogens is 1. The fourth-order valence-corrected chi connectivity index (χ4v) is 4.13. The third-order valence-corrected chi connectivity index (χ3v) is 6.09. The fourth-order valence-electron chi connectivity index (χ4n) is 2.58. The number of sulfonamides is 1. The molecule has 0 aromatic carbocycles. The summed E-state index contributed by atoms with van der Waals surface area (Å²) in [6, 6.07) is 1.65. The van der Waals surface area contributed by atoms with Gasteiger partial charge in [-0.25, -0.2) is 13.1 Å². The van der Waals surface area contributed by atoms with Crippen LogP contribution in [0.1, 0.15) is 33.4 Å². The van der Waals surface area contributed by atoms with Crippen molar-refractivity contribution >= 4 is 10.0 Å². The SMILES string of the molecule is CNCc1cc(S(=O)(=O)NC2C(C)(C)C2(C)C)c[nH]1. The third-order valence-electron chi connectivity index (χ3n) is 4.69. The normalized spacial score (nSPS) is 21.5. The molecule has 1 aliphatic rings. The van der Waals surface area contributed by atoms with Gasteiger partial charge in [-0.05, 0) is 23.9 Å². The lowest BCUT2D eigenvalue weighted by atomic mass is 10.0. The van der Waals surface area contributed by atoms with Gasteiger partial charge in [-0.3, -0.25) is 0 Å². The lowest BCUT2D eigenvalue weighted by Crippen LogP contribution is -2.29. The summed E-state index contributed by atoms with van der Waals surface area (Å²) in [5.41, 5.74) is 0.839. The molecule has 0 spiro atoms. The fraction of sp³-hybridized carbons (Fsp3) is 0.692. The van der Waals surface area contributed by atoms with Gasteiger partial charge in [0.05, 0.1) is 4.90 Å². The molecule has 3 N–H and O–H groups in total. The Morgan fingerprint density at radius 3 is 2.32 bits per heavy atom. The molecule has 0 amide bonds. The first-order valence-corrected chi connectivity index (χ1v) is 7.95. The topological polar surface area (TPSA) is 74.0 Å². The van der Waals surface area contributed by atoms with Gasteiger partial charge in [0.1, 0.15) is 0 Å². The van der Waals surface area contributed by atoms with E-state index in [9.17, 15) is 8.42 Å². The average Bonchev–Trinajstić information content (AvgIpc) is 2.71. The minimum Gasteiger partial charge on any atom is -0.363 e. The van der Waals surface area contributed by atoms with E-state index in [4.69, 9.17) is 0 Å². The smallest absolute Gasteiger partial charge is 0.242 e. The highest BCUT2D eigenvalue weighted by Crippen LogP contribution is 2.62. The van der Waals surface area contributed by atoms with Crippen molar-refractivity contribution in [3.8, 4) is 0 Å². The van der Waals surface area contributed by atoms with Crippen LogP contribution >= 0.6 is 0 Å². The average molecular weight is 285 g/mol. The first kappa shape index (κ1) is 14.6. The summed E-state index contributed by atoms with van der Waals surface area (Å²) in [6.45, 7) is 8.97. The van der Waals surface area contributed by atoms with Crippen LogP contribution < -0.4 is 10.0 Å². The molecule has 0 radical (unpaired) electrons. The van der Waals surface area contributed by atoms with Gasteiger partial charge in [-0.15, -0.1) is 0 Å². The Bertz CT molecular complexity index is 558. The van der Waals surface area contributed by atoms with Crippen LogP contribution in [-0.2, 0) is 16.6 Å². The molecule has 1 saturated carbocycles. The van der Waals surface area contributed by atoms with Crippen molar-refractivity contribution in [3.63, 3.8) is 0 Å². The maximum Gasteiger partial charge on any atom is 0.242 e. The lowest BCUT2D eigenvalue weighted by molar-refractivity contribution is 0.457. The lowest BCUT2D eigenvalue weighted by Gasteiger charge is -2.06. The Morgan fingerprint density at radius 1 is 1.26 bits per heavy atom. The van der Waals surface area contributed by atoms with E-state index in [0.29, 0.717) is 11.4 Å². The summed E-state index contributed by atoms with van der Waals surface area (Å²) in [6.07, 6.45) is 1.54. The third kappa shape index (κ3) is 2.32. The predicted octanol–water partition coefficient (Wildman–Crippen LogP) is 1.45. The van der Waals surface area contributed by atoms with Crippen LogP contribution in [0.5, 0.6) is 0 Å². The molecule has 1 aliphatic carbocycles. The van der Waals surface area contributed by atoms with E-state index in [1.807, 2.05) is 7.05 Å². The standard InChI is InChI=1S/C13H23N3O2S/c1-12(2)11(13(12,3)4)16-19(17,18)10-6-9(7-14-5)15-8-10/h6,8,11,14-16H,7H2,1-5H3. The van der Waals surface area contributed by atoms with Crippen molar-refractivity contribution in [2.24, 2.45) is 10.8 Å². The summed E-state index contributed by atoms with van der Waals surface area (Å²) in [5, 5.41) is 2.98. The first-order chi connectivity index (χ1) is 8.63. The van der Waals surface area contributed by atoms with Gasteiger partial charge in [-0.1, -0.05) is 27.7 Å². The van der Waals surface area contributed by atoms with Crippen molar-refractivity contribution in [3.05, 3.63) is 18.0 Å². The van der Waals surface area contributed by atoms with Crippen LogP contribution in [0, 0.1) is 10.8 Å². The summed E-state index contributed by atoms with van der Waals surface area (Å²) in [4.78, 5) is 3.27. The number of aromatic nitrogens is 1. The van der Waals surface area contributed by atoms with Gasteiger partial charge >= 0.3 is 0 Å². The van der Waals surface area contributed by atoms with Crippen LogP contribution in [0.4, 0.5) is 0 Å². The highest BCUT2D eigenvalue weighted by molar-refractivity contribution is 7.89. The molecule has 0 atom stereocenters. The second-order valence-electron chi connectivity index (χ2n) is 6.39. The second kappa shape index (κ2) is 4.33. The van der Waals surface area contributed by atoms with Gasteiger partial charge < -0.3 is 10.3 Å². The molecule has 1 fully saturated rings. The number of aromatic amines is 1. The molecular formula is C13H23N3O2S. The van der Waals surface area contributed by atoms with Crippen LogP contribution in [-0.4, -0.2) is 26.5 Å². The van der Waals surface area contributed by atoms with Crippen molar-refractivity contribution < 1.29 is 8.42 Å². The Hall–Kier alpha value is -0.850. The summed E-state index contributed by atoms with van der Waals surface area (Å²) in [7, 11) is -1.62. The first-order valence-electron chi connectivity index (χ1n) is 6.47. The van der Waals surface area contributed by atoms with E-state index < -0.39 is 10.0 Å². The van der Waals surface area contributed by atoms with Crippen LogP contribution in [0.2, 0.25) is 0 Å². The predicted molar refractivity (Wildman–Crippen MR) is 75.2 cm³/mol.